The Labute approximate surface area is 166 Å². The van der Waals surface area contributed by atoms with Gasteiger partial charge in [0.05, 0.1) is 22.3 Å². The molecule has 0 aliphatic rings. The zero-order valence-electron chi connectivity index (χ0n) is 15.3. The molecule has 0 radical (unpaired) electrons. The van der Waals surface area contributed by atoms with Crippen LogP contribution < -0.4 is 5.56 Å². The number of para-hydroxylation sites is 2. The number of benzene rings is 3. The Morgan fingerprint density at radius 2 is 1.61 bits per heavy atom. The number of Topliss-reactive ketones (excluding diaryl/α,β-unsaturated/α-hetero) is 1. The Bertz CT molecular complexity index is 1200. The lowest BCUT2D eigenvalue weighted by Gasteiger charge is -2.13. The first-order valence-corrected chi connectivity index (χ1v) is 9.92. The first-order chi connectivity index (χ1) is 13.6. The van der Waals surface area contributed by atoms with Crippen LogP contribution in [0.5, 0.6) is 0 Å². The fourth-order valence-electron chi connectivity index (χ4n) is 2.97. The molecule has 0 aliphatic carbocycles. The van der Waals surface area contributed by atoms with Crippen molar-refractivity contribution in [3.63, 3.8) is 0 Å². The van der Waals surface area contributed by atoms with Gasteiger partial charge in [-0.1, -0.05) is 71.9 Å². The number of rotatable bonds is 5. The molecule has 0 saturated heterocycles. The van der Waals surface area contributed by atoms with Gasteiger partial charge in [0.25, 0.3) is 5.56 Å². The molecular weight excluding hydrogens is 368 g/mol. The molecule has 1 aromatic heterocycles. The molecule has 0 unspecified atom stereocenters. The molecule has 5 heteroatoms. The van der Waals surface area contributed by atoms with Gasteiger partial charge in [-0.3, -0.25) is 14.2 Å². The third kappa shape index (κ3) is 3.62. The number of nitrogens with zero attached hydrogens (tertiary/aromatic N) is 2. The van der Waals surface area contributed by atoms with E-state index in [1.165, 1.54) is 11.8 Å². The SMILES string of the molecule is Cc1ccc(C(=O)CSc2nc3ccccc3c(=O)n2-c2ccccc2)cc1. The van der Waals surface area contributed by atoms with E-state index >= 15 is 0 Å². The summed E-state index contributed by atoms with van der Waals surface area (Å²) in [5, 5.41) is 1.07. The minimum absolute atomic E-state index is 0.00650. The molecule has 138 valence electrons. The molecule has 3 aromatic carbocycles. The fourth-order valence-corrected chi connectivity index (χ4v) is 3.87. The monoisotopic (exact) mass is 386 g/mol. The molecule has 0 atom stereocenters. The molecule has 0 bridgehead atoms. The van der Waals surface area contributed by atoms with Crippen LogP contribution in [0, 0.1) is 6.92 Å². The Hall–Kier alpha value is -3.18. The standard InChI is InChI=1S/C23H18N2O2S/c1-16-11-13-17(14-12-16)21(26)15-28-23-24-20-10-6-5-9-19(20)22(27)25(23)18-7-3-2-4-8-18/h2-14H,15H2,1H3. The second-order valence-electron chi connectivity index (χ2n) is 6.47. The minimum atomic E-state index is -0.137. The zero-order valence-corrected chi connectivity index (χ0v) is 16.1. The van der Waals surface area contributed by atoms with Crippen molar-refractivity contribution in [2.75, 3.05) is 5.75 Å². The van der Waals surface area contributed by atoms with Crippen molar-refractivity contribution < 1.29 is 4.79 Å². The molecule has 0 aliphatic heterocycles. The summed E-state index contributed by atoms with van der Waals surface area (Å²) in [6, 6.07) is 24.2. The summed E-state index contributed by atoms with van der Waals surface area (Å²) < 4.78 is 1.58. The second-order valence-corrected chi connectivity index (χ2v) is 7.41. The van der Waals surface area contributed by atoms with E-state index < -0.39 is 0 Å². The number of aryl methyl sites for hydroxylation is 1. The average molecular weight is 386 g/mol. The summed E-state index contributed by atoms with van der Waals surface area (Å²) in [6.45, 7) is 1.99. The molecule has 4 rings (SSSR count). The van der Waals surface area contributed by atoms with E-state index in [9.17, 15) is 9.59 Å². The highest BCUT2D eigenvalue weighted by atomic mass is 32.2. The van der Waals surface area contributed by atoms with E-state index in [0.717, 1.165) is 11.3 Å². The number of hydrogen-bond donors (Lipinski definition) is 0. The van der Waals surface area contributed by atoms with Gasteiger partial charge in [-0.15, -0.1) is 0 Å². The molecule has 0 N–H and O–H groups in total. The maximum Gasteiger partial charge on any atom is 0.266 e. The van der Waals surface area contributed by atoms with Gasteiger partial charge in [-0.2, -0.15) is 0 Å². The third-order valence-corrected chi connectivity index (χ3v) is 5.40. The number of carbonyl (C=O) groups excluding carboxylic acids is 1. The Morgan fingerprint density at radius 1 is 0.929 bits per heavy atom. The Kier molecular flexibility index (Phi) is 5.08. The summed E-state index contributed by atoms with van der Waals surface area (Å²) in [6.07, 6.45) is 0. The number of fused-ring (bicyclic) bond motifs is 1. The molecular formula is C23H18N2O2S. The van der Waals surface area contributed by atoms with Gasteiger partial charge in [-0.05, 0) is 31.2 Å². The molecule has 0 amide bonds. The number of thioether (sulfide) groups is 1. The van der Waals surface area contributed by atoms with Crippen molar-refractivity contribution >= 4 is 28.4 Å². The highest BCUT2D eigenvalue weighted by Gasteiger charge is 2.15. The van der Waals surface area contributed by atoms with Gasteiger partial charge in [0.1, 0.15) is 0 Å². The lowest BCUT2D eigenvalue weighted by atomic mass is 10.1. The van der Waals surface area contributed by atoms with E-state index in [4.69, 9.17) is 0 Å². The van der Waals surface area contributed by atoms with Crippen LogP contribution in [0.2, 0.25) is 0 Å². The summed E-state index contributed by atoms with van der Waals surface area (Å²) in [5.74, 6) is 0.216. The van der Waals surface area contributed by atoms with Crippen molar-refractivity contribution in [3.05, 3.63) is 100 Å². The van der Waals surface area contributed by atoms with Crippen LogP contribution in [-0.4, -0.2) is 21.1 Å². The van der Waals surface area contributed by atoms with Gasteiger partial charge in [-0.25, -0.2) is 4.98 Å². The average Bonchev–Trinajstić information content (AvgIpc) is 2.73. The third-order valence-electron chi connectivity index (χ3n) is 4.47. The Morgan fingerprint density at radius 3 is 2.36 bits per heavy atom. The van der Waals surface area contributed by atoms with Crippen LogP contribution in [0.1, 0.15) is 15.9 Å². The van der Waals surface area contributed by atoms with Gasteiger partial charge in [0.2, 0.25) is 0 Å². The van der Waals surface area contributed by atoms with Gasteiger partial charge < -0.3 is 0 Å². The Balaban J connectivity index is 1.74. The van der Waals surface area contributed by atoms with Crippen LogP contribution in [0.15, 0.2) is 88.8 Å². The quantitative estimate of drug-likeness (QED) is 0.284. The van der Waals surface area contributed by atoms with Crippen LogP contribution in [-0.2, 0) is 0 Å². The van der Waals surface area contributed by atoms with E-state index in [0.29, 0.717) is 21.6 Å². The number of ketones is 1. The second kappa shape index (κ2) is 7.82. The van der Waals surface area contributed by atoms with E-state index in [1.807, 2.05) is 79.7 Å². The lowest BCUT2D eigenvalue weighted by molar-refractivity contribution is 0.102. The molecule has 28 heavy (non-hydrogen) atoms. The lowest BCUT2D eigenvalue weighted by Crippen LogP contribution is -2.22. The van der Waals surface area contributed by atoms with Gasteiger partial charge in [0, 0.05) is 5.56 Å². The molecule has 4 aromatic rings. The highest BCUT2D eigenvalue weighted by Crippen LogP contribution is 2.22. The maximum absolute atomic E-state index is 13.1. The molecule has 0 fully saturated rings. The summed E-state index contributed by atoms with van der Waals surface area (Å²) in [5.41, 5.74) is 2.99. The van der Waals surface area contributed by atoms with Crippen LogP contribution >= 0.6 is 11.8 Å². The largest absolute Gasteiger partial charge is 0.293 e. The van der Waals surface area contributed by atoms with E-state index in [1.54, 1.807) is 10.6 Å². The fraction of sp³-hybridized carbons (Fsp3) is 0.0870. The number of carbonyl (C=O) groups is 1. The summed E-state index contributed by atoms with van der Waals surface area (Å²) >= 11 is 1.28. The normalized spacial score (nSPS) is 10.9. The minimum Gasteiger partial charge on any atom is -0.293 e. The van der Waals surface area contributed by atoms with Crippen molar-refractivity contribution in [1.82, 2.24) is 9.55 Å². The molecule has 1 heterocycles. The zero-order chi connectivity index (χ0) is 19.5. The van der Waals surface area contributed by atoms with Crippen LogP contribution in [0.4, 0.5) is 0 Å². The predicted molar refractivity (Wildman–Crippen MR) is 114 cm³/mol. The van der Waals surface area contributed by atoms with E-state index in [2.05, 4.69) is 4.98 Å². The topological polar surface area (TPSA) is 52.0 Å². The van der Waals surface area contributed by atoms with Crippen molar-refractivity contribution in [2.45, 2.75) is 12.1 Å². The predicted octanol–water partition coefficient (Wildman–Crippen LogP) is 4.67. The first kappa shape index (κ1) is 18.2. The van der Waals surface area contributed by atoms with Crippen LogP contribution in [0.25, 0.3) is 16.6 Å². The van der Waals surface area contributed by atoms with Crippen molar-refractivity contribution in [2.24, 2.45) is 0 Å². The van der Waals surface area contributed by atoms with Crippen LogP contribution in [0.3, 0.4) is 0 Å². The van der Waals surface area contributed by atoms with Gasteiger partial charge in [0.15, 0.2) is 10.9 Å². The number of hydrogen-bond acceptors (Lipinski definition) is 4. The molecule has 4 nitrogen and oxygen atoms in total. The highest BCUT2D eigenvalue weighted by molar-refractivity contribution is 7.99. The smallest absolute Gasteiger partial charge is 0.266 e. The van der Waals surface area contributed by atoms with Gasteiger partial charge >= 0.3 is 0 Å². The maximum atomic E-state index is 13.1. The summed E-state index contributed by atoms with van der Waals surface area (Å²) in [7, 11) is 0. The van der Waals surface area contributed by atoms with Crippen molar-refractivity contribution in [1.29, 1.82) is 0 Å². The first-order valence-electron chi connectivity index (χ1n) is 8.93. The van der Waals surface area contributed by atoms with Crippen molar-refractivity contribution in [3.8, 4) is 5.69 Å². The molecule has 0 spiro atoms. The van der Waals surface area contributed by atoms with E-state index in [-0.39, 0.29) is 17.1 Å². The summed E-state index contributed by atoms with van der Waals surface area (Å²) in [4.78, 5) is 30.4. The molecule has 0 saturated carbocycles. The number of aromatic nitrogens is 2.